The Bertz CT molecular complexity index is 526. The number of nitrogens with one attached hydrogen (secondary N) is 1. The fourth-order valence-corrected chi connectivity index (χ4v) is 1.83. The Hall–Kier alpha value is -1.70. The van der Waals surface area contributed by atoms with E-state index in [1.165, 1.54) is 6.07 Å². The lowest BCUT2D eigenvalue weighted by molar-refractivity contribution is -0.291. The van der Waals surface area contributed by atoms with E-state index >= 15 is 0 Å². The van der Waals surface area contributed by atoms with Gasteiger partial charge in [0.2, 0.25) is 5.91 Å². The van der Waals surface area contributed by atoms with E-state index in [0.717, 1.165) is 12.1 Å². The number of anilines is 1. The molecule has 0 aliphatic carbocycles. The Kier molecular flexibility index (Phi) is 3.00. The van der Waals surface area contributed by atoms with E-state index in [-0.39, 0.29) is 17.9 Å². The molecule has 1 atom stereocenters. The van der Waals surface area contributed by atoms with Gasteiger partial charge in [-0.1, -0.05) is 12.1 Å². The van der Waals surface area contributed by atoms with Crippen LogP contribution in [-0.4, -0.2) is 18.0 Å². The molecule has 3 nitrogen and oxygen atoms in total. The van der Waals surface area contributed by atoms with Crippen molar-refractivity contribution in [3.63, 3.8) is 0 Å². The van der Waals surface area contributed by atoms with Gasteiger partial charge in [-0.05, 0) is 17.2 Å². The number of hydrogen-bond acceptors (Lipinski definition) is 2. The Labute approximate surface area is 104 Å². The summed E-state index contributed by atoms with van der Waals surface area (Å²) in [4.78, 5) is 11.1. The second-order valence-electron chi connectivity index (χ2n) is 4.24. The van der Waals surface area contributed by atoms with E-state index in [1.54, 1.807) is 0 Å². The summed E-state index contributed by atoms with van der Waals surface area (Å²) in [6.45, 7) is 0. The number of benzene rings is 1. The van der Waals surface area contributed by atoms with Crippen molar-refractivity contribution < 1.29 is 26.7 Å². The zero-order valence-corrected chi connectivity index (χ0v) is 9.39. The fraction of sp³-hybridized carbons (Fsp3) is 0.364. The van der Waals surface area contributed by atoms with Crippen LogP contribution in [-0.2, 0) is 11.2 Å². The van der Waals surface area contributed by atoms with E-state index in [4.69, 9.17) is 5.73 Å². The Morgan fingerprint density at radius 1 is 1.21 bits per heavy atom. The normalized spacial score (nSPS) is 17.1. The van der Waals surface area contributed by atoms with Gasteiger partial charge in [-0.25, -0.2) is 0 Å². The van der Waals surface area contributed by atoms with Crippen LogP contribution in [0.5, 0.6) is 0 Å². The average molecular weight is 280 g/mol. The van der Waals surface area contributed by atoms with Crippen molar-refractivity contribution in [3.8, 4) is 0 Å². The van der Waals surface area contributed by atoms with Gasteiger partial charge in [0.05, 0.1) is 6.42 Å². The first kappa shape index (κ1) is 13.7. The summed E-state index contributed by atoms with van der Waals surface area (Å²) < 4.78 is 62.8. The third kappa shape index (κ3) is 2.27. The van der Waals surface area contributed by atoms with Gasteiger partial charge in [0.25, 0.3) is 0 Å². The summed E-state index contributed by atoms with van der Waals surface area (Å²) >= 11 is 0. The number of hydrogen-bond donors (Lipinski definition) is 2. The Morgan fingerprint density at radius 3 is 2.42 bits per heavy atom. The zero-order chi connectivity index (χ0) is 14.4. The van der Waals surface area contributed by atoms with Gasteiger partial charge in [0, 0.05) is 5.69 Å². The van der Waals surface area contributed by atoms with Gasteiger partial charge in [-0.15, -0.1) is 0 Å². The topological polar surface area (TPSA) is 55.1 Å². The monoisotopic (exact) mass is 280 g/mol. The summed E-state index contributed by atoms with van der Waals surface area (Å²) in [5.74, 6) is -5.37. The van der Waals surface area contributed by atoms with Crippen LogP contribution in [0.3, 0.4) is 0 Å². The molecule has 0 saturated carbocycles. The highest BCUT2D eigenvalue weighted by Crippen LogP contribution is 2.43. The maximum Gasteiger partial charge on any atom is 0.455 e. The number of nitrogens with two attached hydrogens (primary N) is 1. The van der Waals surface area contributed by atoms with Crippen LogP contribution in [0.1, 0.15) is 17.2 Å². The molecule has 0 spiro atoms. The van der Waals surface area contributed by atoms with E-state index in [0.29, 0.717) is 11.3 Å². The average Bonchev–Trinajstić information content (AvgIpc) is 2.65. The van der Waals surface area contributed by atoms with E-state index < -0.39 is 18.1 Å². The second kappa shape index (κ2) is 4.16. The van der Waals surface area contributed by atoms with Crippen molar-refractivity contribution in [1.29, 1.82) is 0 Å². The molecule has 0 saturated heterocycles. The number of alkyl halides is 5. The first-order valence-corrected chi connectivity index (χ1v) is 5.25. The summed E-state index contributed by atoms with van der Waals surface area (Å²) in [7, 11) is 0. The molecule has 0 fully saturated rings. The molecular formula is C11H9F5N2O. The first-order chi connectivity index (χ1) is 8.63. The van der Waals surface area contributed by atoms with Gasteiger partial charge in [0.15, 0.2) is 0 Å². The van der Waals surface area contributed by atoms with Gasteiger partial charge in [-0.3, -0.25) is 4.79 Å². The van der Waals surface area contributed by atoms with E-state index in [9.17, 15) is 26.7 Å². The molecule has 1 aromatic carbocycles. The highest BCUT2D eigenvalue weighted by molar-refractivity contribution is 5.99. The molecule has 3 N–H and O–H groups in total. The maximum atomic E-state index is 13.1. The summed E-state index contributed by atoms with van der Waals surface area (Å²) in [5.41, 5.74) is 5.41. The number of rotatable bonds is 2. The molecule has 0 bridgehead atoms. The predicted molar refractivity (Wildman–Crippen MR) is 56.7 cm³/mol. The van der Waals surface area contributed by atoms with Crippen molar-refractivity contribution >= 4 is 11.6 Å². The largest absolute Gasteiger partial charge is 0.455 e. The van der Waals surface area contributed by atoms with Crippen molar-refractivity contribution in [1.82, 2.24) is 0 Å². The second-order valence-corrected chi connectivity index (χ2v) is 4.24. The smallest absolute Gasteiger partial charge is 0.326 e. The third-order valence-corrected chi connectivity index (χ3v) is 2.88. The molecule has 8 heteroatoms. The molecular weight excluding hydrogens is 271 g/mol. The van der Waals surface area contributed by atoms with Gasteiger partial charge in [0.1, 0.15) is 6.04 Å². The van der Waals surface area contributed by atoms with Crippen molar-refractivity contribution in [2.45, 2.75) is 24.6 Å². The van der Waals surface area contributed by atoms with Gasteiger partial charge in [-0.2, -0.15) is 22.0 Å². The quantitative estimate of drug-likeness (QED) is 0.817. The van der Waals surface area contributed by atoms with Crippen LogP contribution < -0.4 is 11.1 Å². The van der Waals surface area contributed by atoms with Crippen LogP contribution in [0, 0.1) is 0 Å². The minimum atomic E-state index is -5.72. The SMILES string of the molecule is NC(c1ccc2c(c1)CC(=O)N2)C(F)(F)C(F)(F)F. The number of carbonyl (C=O) groups excluding carboxylic acids is 1. The molecule has 104 valence electrons. The van der Waals surface area contributed by atoms with E-state index in [2.05, 4.69) is 5.32 Å². The Balaban J connectivity index is 2.34. The standard InChI is InChI=1S/C11H9F5N2O/c12-10(13,11(14,15)16)9(17)5-1-2-7-6(3-5)4-8(19)18-7/h1-3,9H,4,17H2,(H,18,19). The molecule has 0 aromatic heterocycles. The van der Waals surface area contributed by atoms with Crippen LogP contribution in [0.2, 0.25) is 0 Å². The van der Waals surface area contributed by atoms with Crippen molar-refractivity contribution in [2.24, 2.45) is 5.73 Å². The molecule has 1 unspecified atom stereocenters. The number of halogens is 5. The van der Waals surface area contributed by atoms with Crippen LogP contribution >= 0.6 is 0 Å². The molecule has 1 aliphatic heterocycles. The number of fused-ring (bicyclic) bond motifs is 1. The van der Waals surface area contributed by atoms with Crippen LogP contribution in [0.25, 0.3) is 0 Å². The molecule has 1 amide bonds. The highest BCUT2D eigenvalue weighted by atomic mass is 19.4. The Morgan fingerprint density at radius 2 is 1.84 bits per heavy atom. The molecule has 2 rings (SSSR count). The lowest BCUT2D eigenvalue weighted by Crippen LogP contribution is -2.45. The molecule has 1 aliphatic rings. The third-order valence-electron chi connectivity index (χ3n) is 2.88. The van der Waals surface area contributed by atoms with Gasteiger partial charge >= 0.3 is 12.1 Å². The zero-order valence-electron chi connectivity index (χ0n) is 9.39. The lowest BCUT2D eigenvalue weighted by Gasteiger charge is -2.26. The fourth-order valence-electron chi connectivity index (χ4n) is 1.83. The molecule has 1 aromatic rings. The molecule has 19 heavy (non-hydrogen) atoms. The minimum Gasteiger partial charge on any atom is -0.326 e. The number of carbonyl (C=O) groups is 1. The van der Waals surface area contributed by atoms with E-state index in [1.807, 2.05) is 0 Å². The maximum absolute atomic E-state index is 13.1. The van der Waals surface area contributed by atoms with Crippen LogP contribution in [0.15, 0.2) is 18.2 Å². The first-order valence-electron chi connectivity index (χ1n) is 5.25. The van der Waals surface area contributed by atoms with Crippen molar-refractivity contribution in [2.75, 3.05) is 5.32 Å². The lowest BCUT2D eigenvalue weighted by atomic mass is 9.98. The molecule has 0 radical (unpaired) electrons. The minimum absolute atomic E-state index is 0.0620. The van der Waals surface area contributed by atoms with Crippen LogP contribution in [0.4, 0.5) is 27.6 Å². The van der Waals surface area contributed by atoms with Crippen molar-refractivity contribution in [3.05, 3.63) is 29.3 Å². The highest BCUT2D eigenvalue weighted by Gasteiger charge is 2.61. The number of amides is 1. The summed E-state index contributed by atoms with van der Waals surface area (Å²) in [6, 6.07) is 0.905. The summed E-state index contributed by atoms with van der Waals surface area (Å²) in [5, 5.41) is 2.44. The van der Waals surface area contributed by atoms with Gasteiger partial charge < -0.3 is 11.1 Å². The molecule has 1 heterocycles. The predicted octanol–water partition coefficient (Wildman–Crippen LogP) is 2.38. The summed E-state index contributed by atoms with van der Waals surface area (Å²) in [6.07, 6.45) is -5.78.